The van der Waals surface area contributed by atoms with Crippen LogP contribution in [0.4, 0.5) is 0 Å². The SMILES string of the molecule is CCNC(=NCc1ccc(OCC)c(OC)c1)NCC(OC)C(C)(C)C.I. The molecular formula is C20H36IN3O3. The molecule has 0 aromatic heterocycles. The van der Waals surface area contributed by atoms with E-state index in [0.717, 1.165) is 29.6 Å². The zero-order valence-electron chi connectivity index (χ0n) is 17.7. The first kappa shape index (κ1) is 25.8. The van der Waals surface area contributed by atoms with E-state index in [1.54, 1.807) is 14.2 Å². The number of benzene rings is 1. The highest BCUT2D eigenvalue weighted by atomic mass is 127. The molecule has 1 rings (SSSR count). The minimum atomic E-state index is 0. The molecule has 0 aliphatic rings. The van der Waals surface area contributed by atoms with E-state index in [1.165, 1.54) is 0 Å². The molecule has 1 aromatic rings. The fraction of sp³-hybridized carbons (Fsp3) is 0.650. The highest BCUT2D eigenvalue weighted by Crippen LogP contribution is 2.28. The maximum Gasteiger partial charge on any atom is 0.191 e. The molecule has 1 aromatic carbocycles. The van der Waals surface area contributed by atoms with Crippen molar-refractivity contribution in [1.29, 1.82) is 0 Å². The standard InChI is InChI=1S/C20H35N3O3.HI/c1-8-21-19(23-14-18(25-7)20(3,4)5)22-13-15-10-11-16(26-9-2)17(12-15)24-6;/h10-12,18H,8-9,13-14H2,1-7H3,(H2,21,22,23);1H. The predicted molar refractivity (Wildman–Crippen MR) is 123 cm³/mol. The van der Waals surface area contributed by atoms with Crippen molar-refractivity contribution in [2.75, 3.05) is 33.9 Å². The second-order valence-electron chi connectivity index (χ2n) is 7.08. The zero-order valence-corrected chi connectivity index (χ0v) is 20.0. The van der Waals surface area contributed by atoms with Crippen LogP contribution in [-0.2, 0) is 11.3 Å². The average molecular weight is 493 g/mol. The van der Waals surface area contributed by atoms with Crippen molar-refractivity contribution in [3.8, 4) is 11.5 Å². The Kier molecular flexibility index (Phi) is 12.5. The number of rotatable bonds is 9. The van der Waals surface area contributed by atoms with Crippen molar-refractivity contribution < 1.29 is 14.2 Å². The molecular weight excluding hydrogens is 457 g/mol. The van der Waals surface area contributed by atoms with Gasteiger partial charge in [0, 0.05) is 20.2 Å². The lowest BCUT2D eigenvalue weighted by Gasteiger charge is -2.30. The molecule has 0 saturated carbocycles. The van der Waals surface area contributed by atoms with Gasteiger partial charge in [0.05, 0.1) is 26.4 Å². The second-order valence-corrected chi connectivity index (χ2v) is 7.08. The van der Waals surface area contributed by atoms with Gasteiger partial charge in [-0.25, -0.2) is 4.99 Å². The zero-order chi connectivity index (χ0) is 19.6. The average Bonchev–Trinajstić information content (AvgIpc) is 2.60. The summed E-state index contributed by atoms with van der Waals surface area (Å²) in [6, 6.07) is 5.90. The number of nitrogens with one attached hydrogen (secondary N) is 2. The monoisotopic (exact) mass is 493 g/mol. The van der Waals surface area contributed by atoms with Crippen molar-refractivity contribution in [1.82, 2.24) is 10.6 Å². The van der Waals surface area contributed by atoms with Crippen LogP contribution in [0.25, 0.3) is 0 Å². The van der Waals surface area contributed by atoms with Gasteiger partial charge in [-0.15, -0.1) is 24.0 Å². The summed E-state index contributed by atoms with van der Waals surface area (Å²) in [5.41, 5.74) is 1.11. The topological polar surface area (TPSA) is 64.1 Å². The molecule has 0 heterocycles. The highest BCUT2D eigenvalue weighted by molar-refractivity contribution is 14.0. The third-order valence-electron chi connectivity index (χ3n) is 4.00. The van der Waals surface area contributed by atoms with Crippen LogP contribution >= 0.6 is 24.0 Å². The molecule has 2 N–H and O–H groups in total. The Morgan fingerprint density at radius 3 is 2.33 bits per heavy atom. The number of guanidine groups is 1. The summed E-state index contributed by atoms with van der Waals surface area (Å²) in [7, 11) is 3.39. The van der Waals surface area contributed by atoms with Crippen molar-refractivity contribution in [3.05, 3.63) is 23.8 Å². The second kappa shape index (κ2) is 13.0. The van der Waals surface area contributed by atoms with Gasteiger partial charge in [0.1, 0.15) is 0 Å². The van der Waals surface area contributed by atoms with E-state index in [0.29, 0.717) is 19.7 Å². The Balaban J connectivity index is 0.00000676. The quantitative estimate of drug-likeness (QED) is 0.311. The Bertz CT molecular complexity index is 574. The number of methoxy groups -OCH3 is 2. The molecule has 0 amide bonds. The molecule has 1 unspecified atom stereocenters. The molecule has 0 saturated heterocycles. The van der Waals surface area contributed by atoms with Gasteiger partial charge in [-0.1, -0.05) is 26.8 Å². The molecule has 0 fully saturated rings. The van der Waals surface area contributed by atoms with Crippen LogP contribution in [0, 0.1) is 5.41 Å². The van der Waals surface area contributed by atoms with E-state index in [2.05, 4.69) is 43.3 Å². The summed E-state index contributed by atoms with van der Waals surface area (Å²) in [5.74, 6) is 2.25. The van der Waals surface area contributed by atoms with Crippen LogP contribution in [0.5, 0.6) is 11.5 Å². The minimum Gasteiger partial charge on any atom is -0.493 e. The molecule has 7 heteroatoms. The van der Waals surface area contributed by atoms with Crippen molar-refractivity contribution in [3.63, 3.8) is 0 Å². The minimum absolute atomic E-state index is 0. The smallest absolute Gasteiger partial charge is 0.191 e. The summed E-state index contributed by atoms with van der Waals surface area (Å²) in [4.78, 5) is 4.67. The van der Waals surface area contributed by atoms with E-state index in [-0.39, 0.29) is 35.5 Å². The van der Waals surface area contributed by atoms with Crippen LogP contribution in [0.3, 0.4) is 0 Å². The van der Waals surface area contributed by atoms with Gasteiger partial charge in [-0.05, 0) is 37.0 Å². The van der Waals surface area contributed by atoms with Gasteiger partial charge in [0.15, 0.2) is 17.5 Å². The molecule has 27 heavy (non-hydrogen) atoms. The summed E-state index contributed by atoms with van der Waals surface area (Å²) in [6.45, 7) is 13.1. The number of hydrogen-bond donors (Lipinski definition) is 2. The number of nitrogens with zero attached hydrogens (tertiary/aromatic N) is 1. The summed E-state index contributed by atoms with van der Waals surface area (Å²) in [5, 5.41) is 6.64. The van der Waals surface area contributed by atoms with Gasteiger partial charge < -0.3 is 24.8 Å². The number of hydrogen-bond acceptors (Lipinski definition) is 4. The molecule has 1 atom stereocenters. The maximum atomic E-state index is 5.60. The molecule has 0 aliphatic heterocycles. The molecule has 0 aliphatic carbocycles. The van der Waals surface area contributed by atoms with Gasteiger partial charge in [0.2, 0.25) is 0 Å². The van der Waals surface area contributed by atoms with Gasteiger partial charge >= 0.3 is 0 Å². The van der Waals surface area contributed by atoms with E-state index in [9.17, 15) is 0 Å². The molecule has 0 bridgehead atoms. The molecule has 0 spiro atoms. The van der Waals surface area contributed by atoms with Crippen LogP contribution in [0.15, 0.2) is 23.2 Å². The van der Waals surface area contributed by atoms with E-state index < -0.39 is 0 Å². The normalized spacial score (nSPS) is 12.8. The van der Waals surface area contributed by atoms with Gasteiger partial charge in [-0.3, -0.25) is 0 Å². The van der Waals surface area contributed by atoms with E-state index >= 15 is 0 Å². The van der Waals surface area contributed by atoms with E-state index in [4.69, 9.17) is 14.2 Å². The Labute approximate surface area is 181 Å². The fourth-order valence-electron chi connectivity index (χ4n) is 2.53. The molecule has 0 radical (unpaired) electrons. The first-order valence-corrected chi connectivity index (χ1v) is 9.20. The number of ether oxygens (including phenoxy) is 3. The third-order valence-corrected chi connectivity index (χ3v) is 4.00. The Morgan fingerprint density at radius 2 is 1.81 bits per heavy atom. The number of halogens is 1. The third kappa shape index (κ3) is 9.01. The highest BCUT2D eigenvalue weighted by Gasteiger charge is 2.24. The first-order chi connectivity index (χ1) is 12.3. The largest absolute Gasteiger partial charge is 0.493 e. The van der Waals surface area contributed by atoms with Gasteiger partial charge in [0.25, 0.3) is 0 Å². The Morgan fingerprint density at radius 1 is 1.11 bits per heavy atom. The molecule has 156 valence electrons. The van der Waals surface area contributed by atoms with Crippen LogP contribution < -0.4 is 20.1 Å². The lowest BCUT2D eigenvalue weighted by Crippen LogP contribution is -2.45. The summed E-state index contributed by atoms with van der Waals surface area (Å²) in [6.07, 6.45) is 0.0944. The maximum absolute atomic E-state index is 5.60. The van der Waals surface area contributed by atoms with E-state index in [1.807, 2.05) is 25.1 Å². The van der Waals surface area contributed by atoms with Crippen LogP contribution in [0.1, 0.15) is 40.2 Å². The number of aliphatic imine (C=N–C) groups is 1. The Hall–Kier alpha value is -1.22. The van der Waals surface area contributed by atoms with Crippen molar-refractivity contribution in [2.24, 2.45) is 10.4 Å². The van der Waals surface area contributed by atoms with Gasteiger partial charge in [-0.2, -0.15) is 0 Å². The van der Waals surface area contributed by atoms with Crippen molar-refractivity contribution in [2.45, 2.75) is 47.3 Å². The fourth-order valence-corrected chi connectivity index (χ4v) is 2.53. The lowest BCUT2D eigenvalue weighted by molar-refractivity contribution is 0.0205. The summed E-state index contributed by atoms with van der Waals surface area (Å²) >= 11 is 0. The predicted octanol–water partition coefficient (Wildman–Crippen LogP) is 3.83. The van der Waals surface area contributed by atoms with Crippen LogP contribution in [-0.4, -0.2) is 46.0 Å². The van der Waals surface area contributed by atoms with Crippen LogP contribution in [0.2, 0.25) is 0 Å². The molecule has 6 nitrogen and oxygen atoms in total. The van der Waals surface area contributed by atoms with Crippen molar-refractivity contribution >= 4 is 29.9 Å². The summed E-state index contributed by atoms with van der Waals surface area (Å²) < 4.78 is 16.6. The lowest BCUT2D eigenvalue weighted by atomic mass is 9.89. The first-order valence-electron chi connectivity index (χ1n) is 9.20.